The van der Waals surface area contributed by atoms with Gasteiger partial charge in [-0.3, -0.25) is 10.1 Å². The van der Waals surface area contributed by atoms with Gasteiger partial charge in [0.1, 0.15) is 0 Å². The van der Waals surface area contributed by atoms with Gasteiger partial charge < -0.3 is 5.32 Å². The van der Waals surface area contributed by atoms with E-state index in [4.69, 9.17) is 0 Å². The van der Waals surface area contributed by atoms with Crippen molar-refractivity contribution in [3.8, 4) is 0 Å². The molecule has 0 spiro atoms. The molecule has 1 rings (SSSR count). The van der Waals surface area contributed by atoms with Crippen LogP contribution in [0.15, 0.2) is 18.2 Å². The van der Waals surface area contributed by atoms with Crippen LogP contribution in [0.5, 0.6) is 0 Å². The number of nitrogens with one attached hydrogen (secondary N) is 1. The molecule has 4 heteroatoms. The molecule has 1 aromatic rings. The van der Waals surface area contributed by atoms with Crippen LogP contribution in [0.1, 0.15) is 25.8 Å². The monoisotopic (exact) mass is 222 g/mol. The maximum Gasteiger partial charge on any atom is 0.274 e. The third-order valence-electron chi connectivity index (χ3n) is 2.54. The Morgan fingerprint density at radius 1 is 1.44 bits per heavy atom. The van der Waals surface area contributed by atoms with Gasteiger partial charge in [-0.1, -0.05) is 19.9 Å². The molecule has 1 N–H and O–H groups in total. The lowest BCUT2D eigenvalue weighted by molar-refractivity contribution is -0.385. The SMILES string of the molecule is Cc1c(NCCC(C)C)cccc1[N+](=O)[O-]. The quantitative estimate of drug-likeness (QED) is 0.614. The molecule has 1 aromatic carbocycles. The zero-order valence-corrected chi connectivity index (χ0v) is 9.99. The van der Waals surface area contributed by atoms with Crippen molar-refractivity contribution in [3.05, 3.63) is 33.9 Å². The van der Waals surface area contributed by atoms with E-state index in [1.807, 2.05) is 6.07 Å². The van der Waals surface area contributed by atoms with E-state index in [1.165, 1.54) is 6.07 Å². The Hall–Kier alpha value is -1.58. The van der Waals surface area contributed by atoms with Gasteiger partial charge in [0.15, 0.2) is 0 Å². The Morgan fingerprint density at radius 2 is 2.12 bits per heavy atom. The Balaban J connectivity index is 2.73. The van der Waals surface area contributed by atoms with Crippen LogP contribution in [0.4, 0.5) is 11.4 Å². The maximum absolute atomic E-state index is 10.7. The third kappa shape index (κ3) is 3.22. The molecule has 0 saturated carbocycles. The number of nitrogens with zero attached hydrogens (tertiary/aromatic N) is 1. The van der Waals surface area contributed by atoms with Crippen molar-refractivity contribution in [1.29, 1.82) is 0 Å². The molecular formula is C12H18N2O2. The minimum atomic E-state index is -0.344. The van der Waals surface area contributed by atoms with E-state index < -0.39 is 0 Å². The summed E-state index contributed by atoms with van der Waals surface area (Å²) in [6, 6.07) is 5.12. The molecule has 0 fully saturated rings. The second kappa shape index (κ2) is 5.49. The summed E-state index contributed by atoms with van der Waals surface area (Å²) in [6.45, 7) is 6.93. The summed E-state index contributed by atoms with van der Waals surface area (Å²) < 4.78 is 0. The molecular weight excluding hydrogens is 204 g/mol. The van der Waals surface area contributed by atoms with Gasteiger partial charge in [0.2, 0.25) is 0 Å². The highest BCUT2D eigenvalue weighted by molar-refractivity contribution is 5.59. The molecule has 0 atom stereocenters. The van der Waals surface area contributed by atoms with Crippen LogP contribution < -0.4 is 5.32 Å². The molecule has 0 aliphatic heterocycles. The lowest BCUT2D eigenvalue weighted by atomic mass is 10.1. The van der Waals surface area contributed by atoms with Crippen molar-refractivity contribution in [1.82, 2.24) is 0 Å². The van der Waals surface area contributed by atoms with Crippen LogP contribution in [-0.4, -0.2) is 11.5 Å². The van der Waals surface area contributed by atoms with E-state index in [2.05, 4.69) is 19.2 Å². The van der Waals surface area contributed by atoms with Crippen molar-refractivity contribution in [2.75, 3.05) is 11.9 Å². The third-order valence-corrected chi connectivity index (χ3v) is 2.54. The Bertz CT molecular complexity index is 375. The van der Waals surface area contributed by atoms with Crippen LogP contribution >= 0.6 is 0 Å². The first-order chi connectivity index (χ1) is 7.52. The van der Waals surface area contributed by atoms with Gasteiger partial charge in [0, 0.05) is 23.9 Å². The van der Waals surface area contributed by atoms with E-state index in [9.17, 15) is 10.1 Å². The lowest BCUT2D eigenvalue weighted by Gasteiger charge is -2.10. The van der Waals surface area contributed by atoms with Crippen LogP contribution in [0, 0.1) is 23.0 Å². The highest BCUT2D eigenvalue weighted by Gasteiger charge is 2.12. The highest BCUT2D eigenvalue weighted by atomic mass is 16.6. The Kier molecular flexibility index (Phi) is 4.28. The second-order valence-electron chi connectivity index (χ2n) is 4.32. The van der Waals surface area contributed by atoms with E-state index >= 15 is 0 Å². The van der Waals surface area contributed by atoms with Gasteiger partial charge in [-0.05, 0) is 25.3 Å². The second-order valence-corrected chi connectivity index (χ2v) is 4.32. The van der Waals surface area contributed by atoms with Crippen molar-refractivity contribution < 1.29 is 4.92 Å². The van der Waals surface area contributed by atoms with Crippen molar-refractivity contribution in [2.24, 2.45) is 5.92 Å². The predicted octanol–water partition coefficient (Wildman–Crippen LogP) is 3.36. The minimum absolute atomic E-state index is 0.176. The smallest absolute Gasteiger partial charge is 0.274 e. The summed E-state index contributed by atoms with van der Waals surface area (Å²) in [6.07, 6.45) is 1.06. The number of benzene rings is 1. The zero-order chi connectivity index (χ0) is 12.1. The fourth-order valence-corrected chi connectivity index (χ4v) is 1.51. The van der Waals surface area contributed by atoms with E-state index in [-0.39, 0.29) is 10.6 Å². The lowest BCUT2D eigenvalue weighted by Crippen LogP contribution is -2.06. The van der Waals surface area contributed by atoms with Crippen LogP contribution in [0.2, 0.25) is 0 Å². The number of rotatable bonds is 5. The molecule has 0 aliphatic carbocycles. The molecule has 0 heterocycles. The molecule has 0 unspecified atom stereocenters. The Labute approximate surface area is 95.8 Å². The topological polar surface area (TPSA) is 55.2 Å². The van der Waals surface area contributed by atoms with Gasteiger partial charge in [0.25, 0.3) is 5.69 Å². The van der Waals surface area contributed by atoms with E-state index in [1.54, 1.807) is 13.0 Å². The van der Waals surface area contributed by atoms with Gasteiger partial charge in [-0.25, -0.2) is 0 Å². The Morgan fingerprint density at radius 3 is 2.69 bits per heavy atom. The highest BCUT2D eigenvalue weighted by Crippen LogP contribution is 2.24. The summed E-state index contributed by atoms with van der Waals surface area (Å²) in [7, 11) is 0. The summed E-state index contributed by atoms with van der Waals surface area (Å²) in [5.74, 6) is 0.631. The van der Waals surface area contributed by atoms with Crippen molar-refractivity contribution >= 4 is 11.4 Å². The van der Waals surface area contributed by atoms with Crippen LogP contribution in [0.25, 0.3) is 0 Å². The van der Waals surface area contributed by atoms with Gasteiger partial charge >= 0.3 is 0 Å². The number of nitro benzene ring substituents is 1. The first kappa shape index (κ1) is 12.5. The van der Waals surface area contributed by atoms with Gasteiger partial charge in [-0.2, -0.15) is 0 Å². The summed E-state index contributed by atoms with van der Waals surface area (Å²) in [5.41, 5.74) is 1.74. The summed E-state index contributed by atoms with van der Waals surface area (Å²) >= 11 is 0. The maximum atomic E-state index is 10.7. The number of nitro groups is 1. The number of hydrogen-bond donors (Lipinski definition) is 1. The molecule has 0 amide bonds. The van der Waals surface area contributed by atoms with E-state index in [0.717, 1.165) is 18.7 Å². The predicted molar refractivity (Wildman–Crippen MR) is 65.8 cm³/mol. The standard InChI is InChI=1S/C12H18N2O2/c1-9(2)7-8-13-11-5-4-6-12(10(11)3)14(15)16/h4-6,9,13H,7-8H2,1-3H3. The average molecular weight is 222 g/mol. The largest absolute Gasteiger partial charge is 0.385 e. The first-order valence-electron chi connectivity index (χ1n) is 5.50. The minimum Gasteiger partial charge on any atom is -0.385 e. The molecule has 16 heavy (non-hydrogen) atoms. The van der Waals surface area contributed by atoms with Crippen LogP contribution in [0.3, 0.4) is 0 Å². The first-order valence-corrected chi connectivity index (χ1v) is 5.50. The van der Waals surface area contributed by atoms with Gasteiger partial charge in [-0.15, -0.1) is 0 Å². The summed E-state index contributed by atoms with van der Waals surface area (Å²) in [4.78, 5) is 10.4. The van der Waals surface area contributed by atoms with Crippen molar-refractivity contribution in [3.63, 3.8) is 0 Å². The molecule has 0 aromatic heterocycles. The number of hydrogen-bond acceptors (Lipinski definition) is 3. The normalized spacial score (nSPS) is 10.5. The molecule has 0 aliphatic rings. The van der Waals surface area contributed by atoms with Crippen LogP contribution in [-0.2, 0) is 0 Å². The molecule has 0 saturated heterocycles. The van der Waals surface area contributed by atoms with Gasteiger partial charge in [0.05, 0.1) is 4.92 Å². The zero-order valence-electron chi connectivity index (χ0n) is 9.99. The summed E-state index contributed by atoms with van der Waals surface area (Å²) in [5, 5.41) is 14.0. The number of anilines is 1. The van der Waals surface area contributed by atoms with Crippen molar-refractivity contribution in [2.45, 2.75) is 27.2 Å². The fourth-order valence-electron chi connectivity index (χ4n) is 1.51. The molecule has 0 bridgehead atoms. The van der Waals surface area contributed by atoms with E-state index in [0.29, 0.717) is 11.5 Å². The average Bonchev–Trinajstić information content (AvgIpc) is 2.19. The molecule has 88 valence electrons. The molecule has 4 nitrogen and oxygen atoms in total. The molecule has 0 radical (unpaired) electrons. The fraction of sp³-hybridized carbons (Fsp3) is 0.500.